The summed E-state index contributed by atoms with van der Waals surface area (Å²) >= 11 is 1.71. The lowest BCUT2D eigenvalue weighted by molar-refractivity contribution is -0.192. The molecule has 1 aliphatic rings. The molecule has 0 aliphatic carbocycles. The summed E-state index contributed by atoms with van der Waals surface area (Å²) < 4.78 is 33.9. The molecule has 3 aromatic rings. The van der Waals surface area contributed by atoms with Gasteiger partial charge < -0.3 is 14.6 Å². The Labute approximate surface area is 173 Å². The first-order valence-electron chi connectivity index (χ1n) is 8.78. The SMILES string of the molecule is Cc1cccc(C(=O)N2CCn3c(-c4cccs4)cnc3C2)n1.O=C(O)C(F)(F)F. The molecule has 0 unspecified atom stereocenters. The molecule has 0 bridgehead atoms. The highest BCUT2D eigenvalue weighted by atomic mass is 32.1. The second kappa shape index (κ2) is 8.66. The zero-order chi connectivity index (χ0) is 21.9. The predicted octanol–water partition coefficient (Wildman–Crippen LogP) is 3.60. The molecule has 4 rings (SSSR count). The van der Waals surface area contributed by atoms with Gasteiger partial charge in [-0.3, -0.25) is 4.79 Å². The monoisotopic (exact) mass is 438 g/mol. The Kier molecular flexibility index (Phi) is 6.20. The second-order valence-corrected chi connectivity index (χ2v) is 7.33. The number of carboxylic acid groups (broad SMARTS) is 1. The number of alkyl halides is 3. The highest BCUT2D eigenvalue weighted by Gasteiger charge is 2.38. The van der Waals surface area contributed by atoms with Crippen molar-refractivity contribution in [1.82, 2.24) is 19.4 Å². The highest BCUT2D eigenvalue weighted by Crippen LogP contribution is 2.28. The predicted molar refractivity (Wildman–Crippen MR) is 103 cm³/mol. The first kappa shape index (κ1) is 21.5. The maximum absolute atomic E-state index is 12.6. The maximum Gasteiger partial charge on any atom is 0.490 e. The summed E-state index contributed by atoms with van der Waals surface area (Å²) in [5.41, 5.74) is 2.49. The molecular weight excluding hydrogens is 421 g/mol. The second-order valence-electron chi connectivity index (χ2n) is 6.38. The Morgan fingerprint density at radius 1 is 1.17 bits per heavy atom. The average Bonchev–Trinajstić information content (AvgIpc) is 3.36. The third kappa shape index (κ3) is 4.85. The van der Waals surface area contributed by atoms with E-state index in [0.717, 1.165) is 23.8 Å². The normalized spacial score (nSPS) is 13.3. The van der Waals surface area contributed by atoms with E-state index < -0.39 is 12.1 Å². The van der Waals surface area contributed by atoms with E-state index in [4.69, 9.17) is 9.90 Å². The third-order valence-electron chi connectivity index (χ3n) is 4.27. The molecule has 30 heavy (non-hydrogen) atoms. The number of hydrogen-bond donors (Lipinski definition) is 1. The average molecular weight is 438 g/mol. The molecule has 0 atom stereocenters. The fourth-order valence-electron chi connectivity index (χ4n) is 2.88. The van der Waals surface area contributed by atoms with Crippen LogP contribution < -0.4 is 0 Å². The molecule has 3 aromatic heterocycles. The van der Waals surface area contributed by atoms with E-state index in [2.05, 4.69) is 26.0 Å². The van der Waals surface area contributed by atoms with Gasteiger partial charge >= 0.3 is 12.1 Å². The van der Waals surface area contributed by atoms with Crippen LogP contribution in [0.5, 0.6) is 0 Å². The third-order valence-corrected chi connectivity index (χ3v) is 5.17. The van der Waals surface area contributed by atoms with Gasteiger partial charge in [0.25, 0.3) is 5.91 Å². The number of rotatable bonds is 2. The van der Waals surface area contributed by atoms with E-state index >= 15 is 0 Å². The number of nitrogens with zero attached hydrogens (tertiary/aromatic N) is 4. The van der Waals surface area contributed by atoms with E-state index in [0.29, 0.717) is 18.8 Å². The lowest BCUT2D eigenvalue weighted by Crippen LogP contribution is -2.39. The van der Waals surface area contributed by atoms with Crippen molar-refractivity contribution in [2.24, 2.45) is 0 Å². The fourth-order valence-corrected chi connectivity index (χ4v) is 3.62. The number of aryl methyl sites for hydroxylation is 1. The number of thiophene rings is 1. The van der Waals surface area contributed by atoms with Crippen molar-refractivity contribution in [2.75, 3.05) is 6.54 Å². The van der Waals surface area contributed by atoms with Crippen LogP contribution in [0.25, 0.3) is 10.6 Å². The Balaban J connectivity index is 0.000000318. The van der Waals surface area contributed by atoms with E-state index in [1.165, 1.54) is 4.88 Å². The molecule has 7 nitrogen and oxygen atoms in total. The van der Waals surface area contributed by atoms with Crippen LogP contribution in [0.15, 0.2) is 41.9 Å². The van der Waals surface area contributed by atoms with Crippen LogP contribution in [0.2, 0.25) is 0 Å². The Hall–Kier alpha value is -3.21. The van der Waals surface area contributed by atoms with Gasteiger partial charge in [-0.25, -0.2) is 14.8 Å². The zero-order valence-corrected chi connectivity index (χ0v) is 16.6. The number of carbonyl (C=O) groups excluding carboxylic acids is 1. The van der Waals surface area contributed by atoms with E-state index in [-0.39, 0.29) is 5.91 Å². The quantitative estimate of drug-likeness (QED) is 0.661. The van der Waals surface area contributed by atoms with Gasteiger partial charge in [0.15, 0.2) is 0 Å². The Morgan fingerprint density at radius 2 is 1.90 bits per heavy atom. The summed E-state index contributed by atoms with van der Waals surface area (Å²) in [6.45, 7) is 3.86. The summed E-state index contributed by atoms with van der Waals surface area (Å²) in [4.78, 5) is 33.4. The molecule has 0 saturated heterocycles. The van der Waals surface area contributed by atoms with Crippen LogP contribution in [0.4, 0.5) is 13.2 Å². The van der Waals surface area contributed by atoms with Crippen LogP contribution >= 0.6 is 11.3 Å². The minimum Gasteiger partial charge on any atom is -0.475 e. The molecule has 1 aliphatic heterocycles. The van der Waals surface area contributed by atoms with Crippen molar-refractivity contribution < 1.29 is 27.9 Å². The van der Waals surface area contributed by atoms with Crippen molar-refractivity contribution in [3.8, 4) is 10.6 Å². The summed E-state index contributed by atoms with van der Waals surface area (Å²) in [5.74, 6) is -1.85. The number of aliphatic carboxylic acids is 1. The van der Waals surface area contributed by atoms with Crippen molar-refractivity contribution in [3.63, 3.8) is 0 Å². The number of amides is 1. The first-order valence-corrected chi connectivity index (χ1v) is 9.66. The summed E-state index contributed by atoms with van der Waals surface area (Å²) in [7, 11) is 0. The topological polar surface area (TPSA) is 88.3 Å². The summed E-state index contributed by atoms with van der Waals surface area (Å²) in [5, 5.41) is 9.19. The van der Waals surface area contributed by atoms with Gasteiger partial charge in [-0.05, 0) is 30.5 Å². The smallest absolute Gasteiger partial charge is 0.475 e. The number of pyridine rings is 1. The van der Waals surface area contributed by atoms with Crippen LogP contribution in [-0.2, 0) is 17.9 Å². The Bertz CT molecular complexity index is 1050. The van der Waals surface area contributed by atoms with Gasteiger partial charge in [-0.1, -0.05) is 12.1 Å². The van der Waals surface area contributed by atoms with Gasteiger partial charge in [0.1, 0.15) is 11.5 Å². The number of aromatic nitrogens is 3. The van der Waals surface area contributed by atoms with Gasteiger partial charge in [0.2, 0.25) is 0 Å². The molecule has 0 spiro atoms. The number of carbonyl (C=O) groups is 2. The van der Waals surface area contributed by atoms with Crippen LogP contribution in [0, 0.1) is 6.92 Å². The van der Waals surface area contributed by atoms with Crippen molar-refractivity contribution in [3.05, 3.63) is 59.1 Å². The standard InChI is InChI=1S/C17H16N4OS.C2HF3O2/c1-12-4-2-5-13(19-12)17(22)20-7-8-21-14(10-18-16(21)11-20)15-6-3-9-23-15;3-2(4,5)1(6)7/h2-6,9-10H,7-8,11H2,1H3;(H,6,7). The first-order chi connectivity index (χ1) is 14.2. The molecule has 158 valence electrons. The van der Waals surface area contributed by atoms with Gasteiger partial charge in [0.05, 0.1) is 23.3 Å². The van der Waals surface area contributed by atoms with Crippen molar-refractivity contribution in [2.45, 2.75) is 26.2 Å². The lowest BCUT2D eigenvalue weighted by atomic mass is 10.2. The number of imidazole rings is 1. The largest absolute Gasteiger partial charge is 0.490 e. The van der Waals surface area contributed by atoms with Gasteiger partial charge in [0, 0.05) is 18.8 Å². The van der Waals surface area contributed by atoms with E-state index in [1.807, 2.05) is 36.2 Å². The molecule has 0 aromatic carbocycles. The van der Waals surface area contributed by atoms with Crippen molar-refractivity contribution in [1.29, 1.82) is 0 Å². The maximum atomic E-state index is 12.6. The molecule has 1 amide bonds. The van der Waals surface area contributed by atoms with E-state index in [1.54, 1.807) is 17.4 Å². The lowest BCUT2D eigenvalue weighted by Gasteiger charge is -2.28. The molecule has 1 N–H and O–H groups in total. The zero-order valence-electron chi connectivity index (χ0n) is 15.8. The summed E-state index contributed by atoms with van der Waals surface area (Å²) in [6, 6.07) is 9.68. The number of fused-ring (bicyclic) bond motifs is 1. The van der Waals surface area contributed by atoms with Gasteiger partial charge in [-0.15, -0.1) is 11.3 Å². The molecule has 4 heterocycles. The minimum atomic E-state index is -5.08. The van der Waals surface area contributed by atoms with Gasteiger partial charge in [-0.2, -0.15) is 13.2 Å². The number of halogens is 3. The molecule has 11 heteroatoms. The molecule has 0 radical (unpaired) electrons. The highest BCUT2D eigenvalue weighted by molar-refractivity contribution is 7.13. The minimum absolute atomic E-state index is 0.0272. The molecular formula is C19H17F3N4O3S. The van der Waals surface area contributed by atoms with Crippen LogP contribution in [0.1, 0.15) is 22.0 Å². The van der Waals surface area contributed by atoms with Crippen LogP contribution in [0.3, 0.4) is 0 Å². The Morgan fingerprint density at radius 3 is 2.50 bits per heavy atom. The van der Waals surface area contributed by atoms with Crippen molar-refractivity contribution >= 4 is 23.2 Å². The van der Waals surface area contributed by atoms with E-state index in [9.17, 15) is 18.0 Å². The van der Waals surface area contributed by atoms with Crippen LogP contribution in [-0.4, -0.2) is 49.1 Å². The summed E-state index contributed by atoms with van der Waals surface area (Å²) in [6.07, 6.45) is -3.18. The fraction of sp³-hybridized carbons (Fsp3) is 0.263. The number of hydrogen-bond acceptors (Lipinski definition) is 5. The molecule has 0 saturated carbocycles. The molecule has 0 fully saturated rings. The number of carboxylic acids is 1.